The maximum atomic E-state index is 11.5. The van der Waals surface area contributed by atoms with Crippen molar-refractivity contribution < 1.29 is 9.53 Å². The second-order valence-electron chi connectivity index (χ2n) is 2.83. The molecule has 0 amide bonds. The van der Waals surface area contributed by atoms with Crippen LogP contribution in [0.15, 0.2) is 12.1 Å². The Morgan fingerprint density at radius 3 is 2.81 bits per heavy atom. The van der Waals surface area contributed by atoms with Gasteiger partial charge in [0.2, 0.25) is 0 Å². The number of carbonyl (C=O) groups excluding carboxylic acids is 1. The zero-order valence-corrected chi connectivity index (χ0v) is 10.6. The molecule has 84 valence electrons. The van der Waals surface area contributed by atoms with Gasteiger partial charge in [-0.1, -0.05) is 22.9 Å². The molecule has 0 unspecified atom stereocenters. The van der Waals surface area contributed by atoms with Crippen LogP contribution in [0.3, 0.4) is 0 Å². The second kappa shape index (κ2) is 4.40. The van der Waals surface area contributed by atoms with Crippen molar-refractivity contribution in [3.05, 3.63) is 22.2 Å². The topological polar surface area (TPSA) is 65.2 Å². The van der Waals surface area contributed by atoms with Crippen LogP contribution in [0.1, 0.15) is 10.5 Å². The number of ether oxygens (including phenoxy) is 1. The lowest BCUT2D eigenvalue weighted by Crippen LogP contribution is -2.03. The van der Waals surface area contributed by atoms with Crippen molar-refractivity contribution in [1.29, 1.82) is 0 Å². The van der Waals surface area contributed by atoms with Crippen LogP contribution in [0.4, 0.5) is 5.13 Å². The first kappa shape index (κ1) is 11.4. The van der Waals surface area contributed by atoms with Crippen molar-refractivity contribution in [1.82, 2.24) is 4.98 Å². The van der Waals surface area contributed by atoms with Crippen molar-refractivity contribution in [3.8, 4) is 9.75 Å². The number of nitrogens with two attached hydrogens (primary N) is 1. The van der Waals surface area contributed by atoms with Crippen LogP contribution in [0.25, 0.3) is 9.75 Å². The average molecular weight is 275 g/mol. The summed E-state index contributed by atoms with van der Waals surface area (Å²) in [5.74, 6) is -0.493. The van der Waals surface area contributed by atoms with Gasteiger partial charge < -0.3 is 10.5 Å². The van der Waals surface area contributed by atoms with Gasteiger partial charge in [-0.15, -0.1) is 11.3 Å². The number of aromatic nitrogens is 1. The number of halogens is 1. The molecule has 0 spiro atoms. The van der Waals surface area contributed by atoms with Crippen molar-refractivity contribution in [2.45, 2.75) is 0 Å². The third-order valence-corrected chi connectivity index (χ3v) is 4.12. The molecule has 2 aromatic heterocycles. The molecule has 2 N–H and O–H groups in total. The van der Waals surface area contributed by atoms with E-state index in [2.05, 4.69) is 9.72 Å². The monoisotopic (exact) mass is 274 g/mol. The van der Waals surface area contributed by atoms with E-state index in [1.54, 1.807) is 6.07 Å². The number of nitrogens with zero attached hydrogens (tertiary/aromatic N) is 1. The number of nitrogen functional groups attached to an aromatic ring is 1. The molecule has 16 heavy (non-hydrogen) atoms. The van der Waals surface area contributed by atoms with Gasteiger partial charge in [0.15, 0.2) is 10.8 Å². The van der Waals surface area contributed by atoms with Crippen molar-refractivity contribution >= 4 is 45.4 Å². The van der Waals surface area contributed by atoms with Crippen LogP contribution in [0.5, 0.6) is 0 Å². The molecule has 0 radical (unpaired) electrons. The van der Waals surface area contributed by atoms with E-state index in [9.17, 15) is 4.79 Å². The minimum absolute atomic E-state index is 0.239. The number of hydrogen-bond donors (Lipinski definition) is 1. The largest absolute Gasteiger partial charge is 0.464 e. The molecule has 0 saturated carbocycles. The van der Waals surface area contributed by atoms with Gasteiger partial charge in [0.1, 0.15) is 0 Å². The summed E-state index contributed by atoms with van der Waals surface area (Å²) in [5, 5.41) is 0.333. The summed E-state index contributed by atoms with van der Waals surface area (Å²) in [5.41, 5.74) is 5.83. The van der Waals surface area contributed by atoms with Crippen LogP contribution in [-0.4, -0.2) is 18.1 Å². The first-order valence-corrected chi connectivity index (χ1v) is 6.23. The van der Waals surface area contributed by atoms with Crippen LogP contribution >= 0.6 is 34.3 Å². The minimum atomic E-state index is -0.493. The van der Waals surface area contributed by atoms with Crippen LogP contribution in [0, 0.1) is 0 Å². The highest BCUT2D eigenvalue weighted by molar-refractivity contribution is 7.25. The number of anilines is 1. The Kier molecular flexibility index (Phi) is 3.13. The highest BCUT2D eigenvalue weighted by Gasteiger charge is 2.20. The Morgan fingerprint density at radius 1 is 1.50 bits per heavy atom. The molecule has 0 fully saturated rings. The lowest BCUT2D eigenvalue weighted by atomic mass is 10.3. The van der Waals surface area contributed by atoms with Gasteiger partial charge in [-0.2, -0.15) is 0 Å². The normalized spacial score (nSPS) is 10.4. The van der Waals surface area contributed by atoms with Crippen LogP contribution in [-0.2, 0) is 4.74 Å². The lowest BCUT2D eigenvalue weighted by molar-refractivity contribution is 0.0596. The van der Waals surface area contributed by atoms with Crippen molar-refractivity contribution in [2.75, 3.05) is 12.8 Å². The maximum Gasteiger partial charge on any atom is 0.358 e. The molecule has 2 rings (SSSR count). The number of thiazole rings is 1. The van der Waals surface area contributed by atoms with Crippen molar-refractivity contribution in [2.24, 2.45) is 0 Å². The Labute approximate surface area is 105 Å². The maximum absolute atomic E-state index is 11.5. The third-order valence-electron chi connectivity index (χ3n) is 1.82. The fourth-order valence-corrected chi connectivity index (χ4v) is 3.15. The van der Waals surface area contributed by atoms with Gasteiger partial charge in [-0.05, 0) is 12.1 Å². The summed E-state index contributed by atoms with van der Waals surface area (Å²) in [6.07, 6.45) is 0. The van der Waals surface area contributed by atoms with Gasteiger partial charge in [-0.3, -0.25) is 0 Å². The molecule has 0 atom stereocenters. The van der Waals surface area contributed by atoms with Gasteiger partial charge in [0, 0.05) is 4.88 Å². The molecule has 0 aromatic carbocycles. The van der Waals surface area contributed by atoms with E-state index in [-0.39, 0.29) is 5.69 Å². The third kappa shape index (κ3) is 2.04. The smallest absolute Gasteiger partial charge is 0.358 e. The first-order valence-electron chi connectivity index (χ1n) is 4.22. The summed E-state index contributed by atoms with van der Waals surface area (Å²) in [4.78, 5) is 17.0. The average Bonchev–Trinajstić information content (AvgIpc) is 2.83. The molecule has 2 heterocycles. The molecule has 7 heteroatoms. The van der Waals surface area contributed by atoms with E-state index < -0.39 is 5.97 Å². The summed E-state index contributed by atoms with van der Waals surface area (Å²) < 4.78 is 5.29. The predicted molar refractivity (Wildman–Crippen MR) is 66.2 cm³/mol. The van der Waals surface area contributed by atoms with E-state index in [1.165, 1.54) is 29.8 Å². The molecular formula is C9H7ClN2O2S2. The summed E-state index contributed by atoms with van der Waals surface area (Å²) in [6, 6.07) is 3.59. The first-order chi connectivity index (χ1) is 7.61. The number of hydrogen-bond acceptors (Lipinski definition) is 6. The zero-order valence-electron chi connectivity index (χ0n) is 8.19. The van der Waals surface area contributed by atoms with E-state index in [4.69, 9.17) is 17.3 Å². The quantitative estimate of drug-likeness (QED) is 0.855. The Balaban J connectivity index is 2.52. The van der Waals surface area contributed by atoms with Gasteiger partial charge in [0.25, 0.3) is 0 Å². The second-order valence-corrected chi connectivity index (χ2v) is 5.57. The molecule has 0 saturated heterocycles. The van der Waals surface area contributed by atoms with E-state index in [0.29, 0.717) is 14.3 Å². The molecule has 0 aliphatic heterocycles. The molecule has 2 aromatic rings. The Bertz CT molecular complexity index is 535. The van der Waals surface area contributed by atoms with E-state index in [0.717, 1.165) is 4.88 Å². The number of thiophene rings is 1. The van der Waals surface area contributed by atoms with E-state index in [1.807, 2.05) is 6.07 Å². The predicted octanol–water partition coefficient (Wildman–Crippen LogP) is 2.89. The number of rotatable bonds is 2. The van der Waals surface area contributed by atoms with E-state index >= 15 is 0 Å². The highest BCUT2D eigenvalue weighted by Crippen LogP contribution is 2.38. The Morgan fingerprint density at radius 2 is 2.25 bits per heavy atom. The minimum Gasteiger partial charge on any atom is -0.464 e. The van der Waals surface area contributed by atoms with Crippen LogP contribution in [0.2, 0.25) is 4.34 Å². The lowest BCUT2D eigenvalue weighted by Gasteiger charge is -1.96. The zero-order chi connectivity index (χ0) is 11.7. The van der Waals surface area contributed by atoms with Crippen LogP contribution < -0.4 is 5.73 Å². The number of methoxy groups -OCH3 is 1. The summed E-state index contributed by atoms with van der Waals surface area (Å²) >= 11 is 8.45. The summed E-state index contributed by atoms with van der Waals surface area (Å²) in [6.45, 7) is 0. The molecule has 0 aliphatic rings. The molecule has 4 nitrogen and oxygen atoms in total. The fraction of sp³-hybridized carbons (Fsp3) is 0.111. The highest BCUT2D eigenvalue weighted by atomic mass is 35.5. The SMILES string of the molecule is COC(=O)c1nc(N)sc1-c1ccc(Cl)s1. The fourth-order valence-electron chi connectivity index (χ4n) is 1.18. The summed E-state index contributed by atoms with van der Waals surface area (Å²) in [7, 11) is 1.31. The van der Waals surface area contributed by atoms with Crippen molar-refractivity contribution in [3.63, 3.8) is 0 Å². The van der Waals surface area contributed by atoms with Gasteiger partial charge in [0.05, 0.1) is 16.3 Å². The molecule has 0 aliphatic carbocycles. The standard InChI is InChI=1S/C9H7ClN2O2S2/c1-14-8(13)6-7(16-9(11)12-6)4-2-3-5(10)15-4/h2-3H,1H3,(H2,11,12). The van der Waals surface area contributed by atoms with Gasteiger partial charge in [-0.25, -0.2) is 9.78 Å². The molecular weight excluding hydrogens is 268 g/mol. The number of esters is 1. The number of carbonyl (C=O) groups is 1. The Hall–Kier alpha value is -1.11. The van der Waals surface area contributed by atoms with Gasteiger partial charge >= 0.3 is 5.97 Å². The molecule has 0 bridgehead atoms.